The molecule has 0 atom stereocenters. The Bertz CT molecular complexity index is 838. The molecule has 0 spiro atoms. The van der Waals surface area contributed by atoms with Gasteiger partial charge in [0.2, 0.25) is 0 Å². The first-order valence-corrected chi connectivity index (χ1v) is 6.38. The van der Waals surface area contributed by atoms with Crippen LogP contribution in [0.1, 0.15) is 0 Å². The molecule has 1 aromatic heterocycles. The van der Waals surface area contributed by atoms with Crippen LogP contribution in [0.15, 0.2) is 71.7 Å². The predicted octanol–water partition coefficient (Wildman–Crippen LogP) is 3.78. The van der Waals surface area contributed by atoms with Gasteiger partial charge < -0.3 is 0 Å². The monoisotopic (exact) mass is 283 g/mol. The van der Waals surface area contributed by atoms with Crippen molar-refractivity contribution in [2.75, 3.05) is 0 Å². The molecule has 0 amide bonds. The van der Waals surface area contributed by atoms with Gasteiger partial charge in [-0.1, -0.05) is 18.2 Å². The van der Waals surface area contributed by atoms with Crippen molar-refractivity contribution in [3.63, 3.8) is 0 Å². The molecule has 3 rings (SSSR count). The summed E-state index contributed by atoms with van der Waals surface area (Å²) in [6, 6.07) is 14.8. The van der Waals surface area contributed by atoms with Gasteiger partial charge in [-0.2, -0.15) is 0 Å². The maximum absolute atomic E-state index is 13.3. The van der Waals surface area contributed by atoms with Crippen LogP contribution in [-0.4, -0.2) is 4.57 Å². The van der Waals surface area contributed by atoms with E-state index in [2.05, 4.69) is 0 Å². The third-order valence-electron chi connectivity index (χ3n) is 3.18. The van der Waals surface area contributed by atoms with Crippen LogP contribution >= 0.6 is 0 Å². The lowest BCUT2D eigenvalue weighted by Gasteiger charge is -2.08. The molecule has 0 radical (unpaired) electrons. The lowest BCUT2D eigenvalue weighted by molar-refractivity contribution is 0.626. The van der Waals surface area contributed by atoms with Crippen molar-refractivity contribution >= 4 is 0 Å². The summed E-state index contributed by atoms with van der Waals surface area (Å²) in [4.78, 5) is 11.9. The second kappa shape index (κ2) is 5.32. The fourth-order valence-electron chi connectivity index (χ4n) is 2.13. The molecule has 3 aromatic rings. The van der Waals surface area contributed by atoms with Crippen LogP contribution in [-0.2, 0) is 0 Å². The number of nitrogens with zero attached hydrogens (tertiary/aromatic N) is 1. The lowest BCUT2D eigenvalue weighted by Crippen LogP contribution is -2.16. The van der Waals surface area contributed by atoms with Gasteiger partial charge in [-0.15, -0.1) is 0 Å². The van der Waals surface area contributed by atoms with Crippen molar-refractivity contribution in [2.45, 2.75) is 0 Å². The molecule has 0 aliphatic carbocycles. The van der Waals surface area contributed by atoms with Gasteiger partial charge in [0.05, 0.1) is 5.69 Å². The summed E-state index contributed by atoms with van der Waals surface area (Å²) in [6.07, 6.45) is 1.62. The van der Waals surface area contributed by atoms with E-state index in [1.165, 1.54) is 34.9 Å². The van der Waals surface area contributed by atoms with Gasteiger partial charge in [0.25, 0.3) is 5.56 Å². The maximum atomic E-state index is 13.3. The van der Waals surface area contributed by atoms with Crippen LogP contribution < -0.4 is 5.56 Å². The summed E-state index contributed by atoms with van der Waals surface area (Å²) in [6.45, 7) is 0. The Morgan fingerprint density at radius 1 is 0.762 bits per heavy atom. The van der Waals surface area contributed by atoms with Crippen molar-refractivity contribution < 1.29 is 8.78 Å². The molecule has 2 nitrogen and oxygen atoms in total. The minimum atomic E-state index is -0.411. The van der Waals surface area contributed by atoms with Gasteiger partial charge in [-0.05, 0) is 47.5 Å². The summed E-state index contributed by atoms with van der Waals surface area (Å²) in [5, 5.41) is 0. The van der Waals surface area contributed by atoms with Gasteiger partial charge in [0, 0.05) is 12.3 Å². The van der Waals surface area contributed by atoms with Crippen molar-refractivity contribution in [3.05, 3.63) is 88.8 Å². The minimum Gasteiger partial charge on any atom is -0.284 e. The molecule has 104 valence electrons. The quantitative estimate of drug-likeness (QED) is 0.701. The van der Waals surface area contributed by atoms with Gasteiger partial charge in [-0.3, -0.25) is 9.36 Å². The Morgan fingerprint density at radius 3 is 2.19 bits per heavy atom. The average Bonchev–Trinajstić information content (AvgIpc) is 2.49. The molecule has 1 heterocycles. The first-order valence-electron chi connectivity index (χ1n) is 6.38. The molecule has 0 saturated heterocycles. The van der Waals surface area contributed by atoms with Crippen LogP contribution in [0, 0.1) is 11.6 Å². The highest BCUT2D eigenvalue weighted by Gasteiger charge is 2.04. The van der Waals surface area contributed by atoms with E-state index in [1.54, 1.807) is 36.5 Å². The third kappa shape index (κ3) is 2.74. The van der Waals surface area contributed by atoms with E-state index in [1.807, 2.05) is 0 Å². The average molecular weight is 283 g/mol. The third-order valence-corrected chi connectivity index (χ3v) is 3.18. The van der Waals surface area contributed by atoms with Crippen LogP contribution in [0.4, 0.5) is 8.78 Å². The number of rotatable bonds is 2. The van der Waals surface area contributed by atoms with E-state index in [4.69, 9.17) is 0 Å². The fraction of sp³-hybridized carbons (Fsp3) is 0. The Hall–Kier alpha value is -2.75. The topological polar surface area (TPSA) is 22.0 Å². The fourth-order valence-corrected chi connectivity index (χ4v) is 2.13. The molecule has 0 fully saturated rings. The standard InChI is InChI=1S/C17H11F2NO/c18-14-7-4-12(5-8-14)13-6-9-17(21)20(11-13)16-3-1-2-15(19)10-16/h1-11H. The summed E-state index contributed by atoms with van der Waals surface area (Å²) in [5.41, 5.74) is 1.72. The number of hydrogen-bond acceptors (Lipinski definition) is 1. The smallest absolute Gasteiger partial charge is 0.255 e. The first kappa shape index (κ1) is 13.2. The van der Waals surface area contributed by atoms with E-state index >= 15 is 0 Å². The van der Waals surface area contributed by atoms with Crippen molar-refractivity contribution in [1.29, 1.82) is 0 Å². The van der Waals surface area contributed by atoms with Crippen LogP contribution in [0.5, 0.6) is 0 Å². The molecule has 0 aliphatic heterocycles. The number of benzene rings is 2. The zero-order valence-corrected chi connectivity index (χ0v) is 11.0. The number of hydrogen-bond donors (Lipinski definition) is 0. The van der Waals surface area contributed by atoms with Crippen molar-refractivity contribution in [2.24, 2.45) is 0 Å². The molecule has 0 bridgehead atoms. The SMILES string of the molecule is O=c1ccc(-c2ccc(F)cc2)cn1-c1cccc(F)c1. The Labute approximate surface area is 119 Å². The summed E-state index contributed by atoms with van der Waals surface area (Å²) in [7, 11) is 0. The number of aromatic nitrogens is 1. The van der Waals surface area contributed by atoms with Crippen molar-refractivity contribution in [1.82, 2.24) is 4.57 Å². The molecule has 0 aliphatic rings. The molecule has 2 aromatic carbocycles. The van der Waals surface area contributed by atoms with Crippen LogP contribution in [0.25, 0.3) is 16.8 Å². The molecule has 0 unspecified atom stereocenters. The highest BCUT2D eigenvalue weighted by Crippen LogP contribution is 2.19. The van der Waals surface area contributed by atoms with E-state index in [-0.39, 0.29) is 11.4 Å². The molecular formula is C17H11F2NO. The summed E-state index contributed by atoms with van der Waals surface area (Å²) < 4.78 is 27.6. The second-order valence-electron chi connectivity index (χ2n) is 4.61. The first-order chi connectivity index (χ1) is 10.1. The molecular weight excluding hydrogens is 272 g/mol. The molecule has 0 N–H and O–H groups in total. The highest BCUT2D eigenvalue weighted by molar-refractivity contribution is 5.62. The van der Waals surface area contributed by atoms with Crippen LogP contribution in [0.2, 0.25) is 0 Å². The van der Waals surface area contributed by atoms with Gasteiger partial charge in [0.1, 0.15) is 11.6 Å². The molecule has 21 heavy (non-hydrogen) atoms. The van der Waals surface area contributed by atoms with Gasteiger partial charge >= 0.3 is 0 Å². The zero-order chi connectivity index (χ0) is 14.8. The van der Waals surface area contributed by atoms with Gasteiger partial charge in [0.15, 0.2) is 0 Å². The predicted molar refractivity (Wildman–Crippen MR) is 77.4 cm³/mol. The highest BCUT2D eigenvalue weighted by atomic mass is 19.1. The van der Waals surface area contributed by atoms with E-state index < -0.39 is 5.82 Å². The normalized spacial score (nSPS) is 10.6. The molecule has 0 saturated carbocycles. The maximum Gasteiger partial charge on any atom is 0.255 e. The number of halogens is 2. The Morgan fingerprint density at radius 2 is 1.48 bits per heavy atom. The van der Waals surface area contributed by atoms with Crippen molar-refractivity contribution in [3.8, 4) is 16.8 Å². The van der Waals surface area contributed by atoms with Gasteiger partial charge in [-0.25, -0.2) is 8.78 Å². The minimum absolute atomic E-state index is 0.258. The Balaban J connectivity index is 2.12. The van der Waals surface area contributed by atoms with E-state index in [0.29, 0.717) is 5.69 Å². The zero-order valence-electron chi connectivity index (χ0n) is 11.0. The summed E-state index contributed by atoms with van der Waals surface area (Å²) >= 11 is 0. The van der Waals surface area contributed by atoms with Crippen LogP contribution in [0.3, 0.4) is 0 Å². The lowest BCUT2D eigenvalue weighted by atomic mass is 10.1. The molecule has 4 heteroatoms. The largest absolute Gasteiger partial charge is 0.284 e. The van der Waals surface area contributed by atoms with E-state index in [0.717, 1.165) is 11.1 Å². The second-order valence-corrected chi connectivity index (χ2v) is 4.61. The Kier molecular flexibility index (Phi) is 3.36. The van der Waals surface area contributed by atoms with E-state index in [9.17, 15) is 13.6 Å². The summed E-state index contributed by atoms with van der Waals surface area (Å²) in [5.74, 6) is -0.733. The number of pyridine rings is 1.